The Morgan fingerprint density at radius 3 is 2.57 bits per heavy atom. The molecule has 0 unspecified atom stereocenters. The lowest BCUT2D eigenvalue weighted by Gasteiger charge is -2.20. The van der Waals surface area contributed by atoms with E-state index in [4.69, 9.17) is 4.74 Å². The Morgan fingerprint density at radius 2 is 1.86 bits per heavy atom. The van der Waals surface area contributed by atoms with Crippen molar-refractivity contribution in [3.8, 4) is 11.3 Å². The van der Waals surface area contributed by atoms with Crippen molar-refractivity contribution >= 4 is 17.8 Å². The van der Waals surface area contributed by atoms with E-state index >= 15 is 4.39 Å². The average Bonchev–Trinajstić information content (AvgIpc) is 3.36. The highest BCUT2D eigenvalue weighted by molar-refractivity contribution is 5.99. The number of pyridine rings is 2. The van der Waals surface area contributed by atoms with Crippen LogP contribution in [0.25, 0.3) is 11.3 Å². The van der Waals surface area contributed by atoms with E-state index in [1.54, 1.807) is 64.5 Å². The predicted octanol–water partition coefficient (Wildman–Crippen LogP) is 4.76. The number of anilines is 1. The third kappa shape index (κ3) is 8.32. The topological polar surface area (TPSA) is 123 Å². The van der Waals surface area contributed by atoms with Crippen LogP contribution < -0.4 is 16.0 Å². The van der Waals surface area contributed by atoms with Crippen molar-refractivity contribution in [3.05, 3.63) is 95.1 Å². The smallest absolute Gasteiger partial charge is 0.407 e. The van der Waals surface area contributed by atoms with Gasteiger partial charge in [0.05, 0.1) is 24.0 Å². The summed E-state index contributed by atoms with van der Waals surface area (Å²) in [6.45, 7) is 5.76. The van der Waals surface area contributed by atoms with Gasteiger partial charge >= 0.3 is 6.09 Å². The zero-order valence-electron chi connectivity index (χ0n) is 23.9. The minimum absolute atomic E-state index is 0.00305. The molecule has 0 aliphatic rings. The second-order valence-electron chi connectivity index (χ2n) is 10.6. The Morgan fingerprint density at radius 1 is 1.05 bits per heavy atom. The maximum atomic E-state index is 15.2. The van der Waals surface area contributed by atoms with E-state index in [0.717, 1.165) is 11.6 Å². The van der Waals surface area contributed by atoms with Crippen LogP contribution in [-0.4, -0.2) is 43.9 Å². The van der Waals surface area contributed by atoms with Crippen LogP contribution in [0.3, 0.4) is 0 Å². The van der Waals surface area contributed by atoms with E-state index in [1.165, 1.54) is 23.0 Å². The van der Waals surface area contributed by atoms with Crippen molar-refractivity contribution in [1.29, 1.82) is 0 Å². The molecule has 0 spiro atoms. The van der Waals surface area contributed by atoms with E-state index in [0.29, 0.717) is 29.8 Å². The fourth-order valence-corrected chi connectivity index (χ4v) is 4.09. The number of hydrogen-bond acceptors (Lipinski definition) is 7. The molecule has 0 bridgehead atoms. The number of nitrogens with one attached hydrogen (secondary N) is 3. The van der Waals surface area contributed by atoms with Crippen molar-refractivity contribution in [3.63, 3.8) is 0 Å². The number of benzene rings is 1. The zero-order chi connectivity index (χ0) is 30.3. The molecule has 42 heavy (non-hydrogen) atoms. The summed E-state index contributed by atoms with van der Waals surface area (Å²) < 4.78 is 35.6. The van der Waals surface area contributed by atoms with E-state index in [-0.39, 0.29) is 36.0 Å². The van der Waals surface area contributed by atoms with Crippen molar-refractivity contribution < 1.29 is 23.1 Å². The number of rotatable bonds is 10. The summed E-state index contributed by atoms with van der Waals surface area (Å²) in [6.07, 6.45) is 4.54. The van der Waals surface area contributed by atoms with Crippen LogP contribution in [0.2, 0.25) is 0 Å². The summed E-state index contributed by atoms with van der Waals surface area (Å²) in [4.78, 5) is 34.1. The van der Waals surface area contributed by atoms with Gasteiger partial charge in [0.2, 0.25) is 0 Å². The van der Waals surface area contributed by atoms with Crippen LogP contribution in [0.5, 0.6) is 0 Å². The number of amides is 2. The highest BCUT2D eigenvalue weighted by Gasteiger charge is 2.20. The summed E-state index contributed by atoms with van der Waals surface area (Å²) in [5, 5.41) is 12.6. The largest absolute Gasteiger partial charge is 0.444 e. The molecule has 12 heteroatoms. The molecule has 0 saturated carbocycles. The quantitative estimate of drug-likeness (QED) is 0.248. The van der Waals surface area contributed by atoms with Gasteiger partial charge in [0.1, 0.15) is 22.9 Å². The lowest BCUT2D eigenvalue weighted by molar-refractivity contribution is 0.0522. The van der Waals surface area contributed by atoms with Crippen LogP contribution in [-0.2, 0) is 31.3 Å². The first-order valence-electron chi connectivity index (χ1n) is 13.3. The second kappa shape index (κ2) is 13.2. The molecule has 3 N–H and O–H groups in total. The molecule has 4 aromatic rings. The number of halogens is 2. The maximum absolute atomic E-state index is 15.2. The molecule has 0 atom stereocenters. The van der Waals surface area contributed by atoms with Crippen molar-refractivity contribution in [1.82, 2.24) is 30.4 Å². The van der Waals surface area contributed by atoms with Gasteiger partial charge in [-0.15, -0.1) is 0 Å². The molecule has 10 nitrogen and oxygen atoms in total. The molecule has 0 radical (unpaired) electrons. The molecule has 0 fully saturated rings. The molecule has 0 aliphatic carbocycles. The Bertz CT molecular complexity index is 1570. The Kier molecular flexibility index (Phi) is 9.46. The lowest BCUT2D eigenvalue weighted by Crippen LogP contribution is -2.33. The molecule has 220 valence electrons. The molecule has 2 amide bonds. The van der Waals surface area contributed by atoms with Crippen LogP contribution in [0.1, 0.15) is 48.0 Å². The number of hydrogen-bond donors (Lipinski definition) is 3. The van der Waals surface area contributed by atoms with Crippen LogP contribution >= 0.6 is 0 Å². The van der Waals surface area contributed by atoms with Crippen molar-refractivity contribution in [2.45, 2.75) is 45.9 Å². The molecular formula is C30H33F2N7O3. The zero-order valence-corrected chi connectivity index (χ0v) is 23.9. The molecule has 4 rings (SSSR count). The SMILES string of the molecule is Cn1cc(-c2nc(NCCc3cccc(F)c3)c(C(=O)NCc3cccnc3CNC(=O)OC(C)(C)C)cc2F)cn1. The fraction of sp³-hybridized carbons (Fsp3) is 0.300. The molecule has 3 heterocycles. The molecule has 3 aromatic heterocycles. The number of alkyl carbamates (subject to hydrolysis) is 1. The Balaban J connectivity index is 1.51. The first-order valence-corrected chi connectivity index (χ1v) is 13.3. The summed E-state index contributed by atoms with van der Waals surface area (Å²) in [5.74, 6) is -1.43. The first kappa shape index (κ1) is 30.1. The van der Waals surface area contributed by atoms with Crippen molar-refractivity contribution in [2.24, 2.45) is 7.05 Å². The van der Waals surface area contributed by atoms with Gasteiger partial charge in [-0.05, 0) is 62.6 Å². The van der Waals surface area contributed by atoms with E-state index < -0.39 is 23.4 Å². The lowest BCUT2D eigenvalue weighted by atomic mass is 10.1. The molecule has 0 saturated heterocycles. The van der Waals surface area contributed by atoms with Crippen LogP contribution in [0, 0.1) is 11.6 Å². The molecule has 1 aromatic carbocycles. The number of aromatic nitrogens is 4. The van der Waals surface area contributed by atoms with E-state index in [9.17, 15) is 14.0 Å². The number of carbonyl (C=O) groups excluding carboxylic acids is 2. The minimum atomic E-state index is -0.688. The number of nitrogens with zero attached hydrogens (tertiary/aromatic N) is 4. The van der Waals surface area contributed by atoms with Gasteiger partial charge < -0.3 is 20.7 Å². The van der Waals surface area contributed by atoms with Gasteiger partial charge in [-0.1, -0.05) is 18.2 Å². The van der Waals surface area contributed by atoms with E-state index in [1.807, 2.05) is 0 Å². The summed E-state index contributed by atoms with van der Waals surface area (Å²) >= 11 is 0. The second-order valence-corrected chi connectivity index (χ2v) is 10.6. The van der Waals surface area contributed by atoms with Gasteiger partial charge in [-0.3, -0.25) is 14.5 Å². The normalized spacial score (nSPS) is 11.2. The highest BCUT2D eigenvalue weighted by Crippen LogP contribution is 2.25. The van der Waals surface area contributed by atoms with Crippen LogP contribution in [0.4, 0.5) is 19.4 Å². The third-order valence-electron chi connectivity index (χ3n) is 6.02. The predicted molar refractivity (Wildman–Crippen MR) is 153 cm³/mol. The van der Waals surface area contributed by atoms with Gasteiger partial charge in [0.15, 0.2) is 5.82 Å². The molecular weight excluding hydrogens is 544 g/mol. The van der Waals surface area contributed by atoms with E-state index in [2.05, 4.69) is 31.0 Å². The summed E-state index contributed by atoms with van der Waals surface area (Å²) in [7, 11) is 1.71. The third-order valence-corrected chi connectivity index (χ3v) is 6.02. The monoisotopic (exact) mass is 577 g/mol. The van der Waals surface area contributed by atoms with Gasteiger partial charge in [-0.25, -0.2) is 18.6 Å². The minimum Gasteiger partial charge on any atom is -0.444 e. The highest BCUT2D eigenvalue weighted by atomic mass is 19.1. The molecule has 0 aliphatic heterocycles. The number of aryl methyl sites for hydroxylation is 1. The van der Waals surface area contributed by atoms with Gasteiger partial charge in [0, 0.05) is 38.1 Å². The number of ether oxygens (including phenoxy) is 1. The van der Waals surface area contributed by atoms with Gasteiger partial charge in [-0.2, -0.15) is 5.10 Å². The fourth-order valence-electron chi connectivity index (χ4n) is 4.09. The van der Waals surface area contributed by atoms with Gasteiger partial charge in [0.25, 0.3) is 5.91 Å². The van der Waals surface area contributed by atoms with Crippen molar-refractivity contribution in [2.75, 3.05) is 11.9 Å². The Hall–Kier alpha value is -4.87. The first-order chi connectivity index (χ1) is 20.0. The maximum Gasteiger partial charge on any atom is 0.407 e. The summed E-state index contributed by atoms with van der Waals surface area (Å²) in [5.41, 5.74) is 1.78. The summed E-state index contributed by atoms with van der Waals surface area (Å²) in [6, 6.07) is 10.8. The average molecular weight is 578 g/mol. The standard InChI is InChI=1S/C30H33F2N7O3/c1-30(2,3)42-29(41)36-17-25-20(8-6-11-33-25)15-35-28(40)23-14-24(32)26(21-16-37-39(4)18-21)38-27(23)34-12-10-19-7-5-9-22(31)13-19/h5-9,11,13-14,16,18H,10,12,15,17H2,1-4H3,(H,34,38)(H,35,40)(H,36,41). The Labute approximate surface area is 242 Å². The van der Waals surface area contributed by atoms with Crippen LogP contribution in [0.15, 0.2) is 61.1 Å². The number of carbonyl (C=O) groups is 2.